The quantitative estimate of drug-likeness (QED) is 0.880. The van der Waals surface area contributed by atoms with Gasteiger partial charge in [0.25, 0.3) is 0 Å². The molecule has 1 N–H and O–H groups in total. The van der Waals surface area contributed by atoms with E-state index in [0.29, 0.717) is 11.1 Å². The molecule has 116 valence electrons. The number of allylic oxidation sites excluding steroid dienone is 2. The van der Waals surface area contributed by atoms with Gasteiger partial charge in [-0.3, -0.25) is 9.59 Å². The molecule has 0 saturated heterocycles. The van der Waals surface area contributed by atoms with E-state index in [-0.39, 0.29) is 22.3 Å². The number of aryl methyl sites for hydroxylation is 3. The zero-order valence-corrected chi connectivity index (χ0v) is 13.9. The second-order valence-corrected chi connectivity index (χ2v) is 6.17. The fourth-order valence-corrected chi connectivity index (χ4v) is 3.19. The number of hydrogen-bond donors (Lipinski definition) is 1. The van der Waals surface area contributed by atoms with Crippen LogP contribution in [0.5, 0.6) is 0 Å². The van der Waals surface area contributed by atoms with Gasteiger partial charge in [0.05, 0.1) is 0 Å². The predicted octanol–water partition coefficient (Wildman–Crippen LogP) is 4.55. The van der Waals surface area contributed by atoms with Gasteiger partial charge in [-0.05, 0) is 31.9 Å². The summed E-state index contributed by atoms with van der Waals surface area (Å²) in [6.45, 7) is 5.93. The van der Waals surface area contributed by atoms with Crippen molar-refractivity contribution in [3.05, 3.63) is 74.9 Å². The summed E-state index contributed by atoms with van der Waals surface area (Å²) in [7, 11) is 0. The largest absolute Gasteiger partial charge is 0.351 e. The predicted molar refractivity (Wildman–Crippen MR) is 92.3 cm³/mol. The lowest BCUT2D eigenvalue weighted by atomic mass is 9.92. The van der Waals surface area contributed by atoms with Crippen LogP contribution in [0.3, 0.4) is 0 Å². The second kappa shape index (κ2) is 5.67. The summed E-state index contributed by atoms with van der Waals surface area (Å²) >= 11 is 6.19. The minimum atomic E-state index is -0.327. The van der Waals surface area contributed by atoms with Gasteiger partial charge in [0.1, 0.15) is 10.7 Å². The number of carbonyl (C=O) groups excluding carboxylic acids is 2. The SMILES string of the molecule is Cc1cc(C)c(NC2=C(Cl)C(=O)c3ccccc3C2=O)c(C)c1. The highest BCUT2D eigenvalue weighted by Gasteiger charge is 2.31. The number of Topliss-reactive ketones (excluding diaryl/α,β-unsaturated/α-hetero) is 2. The van der Waals surface area contributed by atoms with Crippen LogP contribution in [0, 0.1) is 20.8 Å². The highest BCUT2D eigenvalue weighted by Crippen LogP contribution is 2.31. The van der Waals surface area contributed by atoms with E-state index in [4.69, 9.17) is 11.6 Å². The molecule has 1 aliphatic rings. The minimum absolute atomic E-state index is 0.0620. The molecule has 0 heterocycles. The van der Waals surface area contributed by atoms with Crippen LogP contribution < -0.4 is 5.32 Å². The summed E-state index contributed by atoms with van der Waals surface area (Å²) in [5, 5.41) is 3.03. The Morgan fingerprint density at radius 1 is 0.870 bits per heavy atom. The van der Waals surface area contributed by atoms with Crippen molar-refractivity contribution in [3.8, 4) is 0 Å². The van der Waals surface area contributed by atoms with Gasteiger partial charge in [0, 0.05) is 16.8 Å². The van der Waals surface area contributed by atoms with Crippen LogP contribution in [-0.4, -0.2) is 11.6 Å². The first-order chi connectivity index (χ1) is 10.9. The van der Waals surface area contributed by atoms with Crippen molar-refractivity contribution in [2.75, 3.05) is 5.32 Å². The topological polar surface area (TPSA) is 46.2 Å². The molecule has 0 aliphatic heterocycles. The van der Waals surface area contributed by atoms with E-state index in [1.54, 1.807) is 24.3 Å². The molecule has 3 rings (SSSR count). The summed E-state index contributed by atoms with van der Waals surface area (Å²) in [6.07, 6.45) is 0. The Bertz CT molecular complexity index is 858. The molecule has 0 fully saturated rings. The highest BCUT2D eigenvalue weighted by atomic mass is 35.5. The van der Waals surface area contributed by atoms with Crippen molar-refractivity contribution >= 4 is 28.9 Å². The molecular weight excluding hydrogens is 310 g/mol. The van der Waals surface area contributed by atoms with Crippen molar-refractivity contribution in [2.45, 2.75) is 20.8 Å². The first-order valence-corrected chi connectivity index (χ1v) is 7.71. The number of fused-ring (bicyclic) bond motifs is 1. The first-order valence-electron chi connectivity index (χ1n) is 7.33. The Hall–Kier alpha value is -2.39. The summed E-state index contributed by atoms with van der Waals surface area (Å²) in [4.78, 5) is 25.1. The van der Waals surface area contributed by atoms with E-state index in [9.17, 15) is 9.59 Å². The van der Waals surface area contributed by atoms with E-state index in [2.05, 4.69) is 5.32 Å². The van der Waals surface area contributed by atoms with E-state index in [0.717, 1.165) is 22.4 Å². The van der Waals surface area contributed by atoms with E-state index < -0.39 is 0 Å². The third kappa shape index (κ3) is 2.57. The van der Waals surface area contributed by atoms with Gasteiger partial charge in [0.2, 0.25) is 11.6 Å². The molecule has 4 heteroatoms. The molecule has 0 amide bonds. The molecule has 2 aromatic rings. The van der Waals surface area contributed by atoms with Crippen molar-refractivity contribution in [3.63, 3.8) is 0 Å². The van der Waals surface area contributed by atoms with Gasteiger partial charge in [-0.2, -0.15) is 0 Å². The number of nitrogens with one attached hydrogen (secondary N) is 1. The normalized spacial score (nSPS) is 14.1. The highest BCUT2D eigenvalue weighted by molar-refractivity contribution is 6.50. The number of carbonyl (C=O) groups is 2. The second-order valence-electron chi connectivity index (χ2n) is 5.79. The van der Waals surface area contributed by atoms with E-state index in [1.165, 1.54) is 0 Å². The van der Waals surface area contributed by atoms with Gasteiger partial charge >= 0.3 is 0 Å². The Labute approximate surface area is 140 Å². The summed E-state index contributed by atoms with van der Waals surface area (Å²) < 4.78 is 0. The van der Waals surface area contributed by atoms with Crippen LogP contribution in [0.4, 0.5) is 5.69 Å². The zero-order chi connectivity index (χ0) is 16.7. The van der Waals surface area contributed by atoms with Crippen LogP contribution >= 0.6 is 11.6 Å². The van der Waals surface area contributed by atoms with Crippen molar-refractivity contribution in [1.29, 1.82) is 0 Å². The molecule has 0 radical (unpaired) electrons. The van der Waals surface area contributed by atoms with Crippen molar-refractivity contribution < 1.29 is 9.59 Å². The Kier molecular flexibility index (Phi) is 3.82. The number of ketones is 2. The number of hydrogen-bond acceptors (Lipinski definition) is 3. The van der Waals surface area contributed by atoms with Crippen LogP contribution in [0.15, 0.2) is 47.1 Å². The maximum Gasteiger partial charge on any atom is 0.211 e. The maximum absolute atomic E-state index is 12.7. The number of rotatable bonds is 2. The molecule has 3 nitrogen and oxygen atoms in total. The number of halogens is 1. The number of benzene rings is 2. The lowest BCUT2D eigenvalue weighted by Crippen LogP contribution is -2.24. The summed E-state index contributed by atoms with van der Waals surface area (Å²) in [5.74, 6) is -0.587. The minimum Gasteiger partial charge on any atom is -0.351 e. The van der Waals surface area contributed by atoms with Crippen LogP contribution in [0.2, 0.25) is 0 Å². The lowest BCUT2D eigenvalue weighted by Gasteiger charge is -2.21. The third-order valence-corrected chi connectivity index (χ3v) is 4.35. The fourth-order valence-electron chi connectivity index (χ4n) is 2.96. The molecule has 0 atom stereocenters. The molecular formula is C19H16ClNO2. The van der Waals surface area contributed by atoms with Crippen molar-refractivity contribution in [2.24, 2.45) is 0 Å². The smallest absolute Gasteiger partial charge is 0.211 e. The first kappa shape index (κ1) is 15.5. The summed E-state index contributed by atoms with van der Waals surface area (Å²) in [6, 6.07) is 10.8. The molecule has 23 heavy (non-hydrogen) atoms. The Morgan fingerprint density at radius 3 is 1.96 bits per heavy atom. The van der Waals surface area contributed by atoms with Gasteiger partial charge in [-0.1, -0.05) is 53.6 Å². The van der Waals surface area contributed by atoms with Gasteiger partial charge in [0.15, 0.2) is 0 Å². The Balaban J connectivity index is 2.09. The average molecular weight is 326 g/mol. The molecule has 0 aromatic heterocycles. The van der Waals surface area contributed by atoms with Crippen LogP contribution in [0.1, 0.15) is 37.4 Å². The lowest BCUT2D eigenvalue weighted by molar-refractivity contribution is 0.0982. The van der Waals surface area contributed by atoms with Crippen LogP contribution in [-0.2, 0) is 0 Å². The monoisotopic (exact) mass is 325 g/mol. The molecule has 1 aliphatic carbocycles. The number of anilines is 1. The molecule has 0 unspecified atom stereocenters. The van der Waals surface area contributed by atoms with Gasteiger partial charge in [-0.15, -0.1) is 0 Å². The van der Waals surface area contributed by atoms with E-state index >= 15 is 0 Å². The molecule has 0 saturated carbocycles. The van der Waals surface area contributed by atoms with Crippen molar-refractivity contribution in [1.82, 2.24) is 0 Å². The molecule has 2 aromatic carbocycles. The molecule has 0 spiro atoms. The van der Waals surface area contributed by atoms with E-state index in [1.807, 2.05) is 32.9 Å². The standard InChI is InChI=1S/C19H16ClNO2/c1-10-8-11(2)16(12(3)9-10)21-17-15(20)18(22)13-6-4-5-7-14(13)19(17)23/h4-9,21H,1-3H3. The molecule has 0 bridgehead atoms. The maximum atomic E-state index is 12.7. The average Bonchev–Trinajstić information content (AvgIpc) is 2.51. The zero-order valence-electron chi connectivity index (χ0n) is 13.2. The van der Waals surface area contributed by atoms with Crippen LogP contribution in [0.25, 0.3) is 0 Å². The van der Waals surface area contributed by atoms with Gasteiger partial charge in [-0.25, -0.2) is 0 Å². The summed E-state index contributed by atoms with van der Waals surface area (Å²) in [5.41, 5.74) is 4.83. The fraction of sp³-hybridized carbons (Fsp3) is 0.158. The third-order valence-electron chi connectivity index (χ3n) is 3.99. The Morgan fingerprint density at radius 2 is 1.39 bits per heavy atom. The van der Waals surface area contributed by atoms with Gasteiger partial charge < -0.3 is 5.32 Å².